The first-order valence-electron chi connectivity index (χ1n) is 9.29. The molecule has 24 heavy (non-hydrogen) atoms. The highest BCUT2D eigenvalue weighted by Crippen LogP contribution is 2.31. The van der Waals surface area contributed by atoms with Gasteiger partial charge in [-0.3, -0.25) is 9.78 Å². The monoisotopic (exact) mass is 331 g/mol. The van der Waals surface area contributed by atoms with Crippen LogP contribution in [0.3, 0.4) is 0 Å². The zero-order chi connectivity index (χ0) is 16.8. The molecule has 1 aromatic heterocycles. The first-order chi connectivity index (χ1) is 11.8. The second-order valence-electron chi connectivity index (χ2n) is 6.83. The van der Waals surface area contributed by atoms with Crippen LogP contribution in [0.2, 0.25) is 0 Å². The molecule has 1 unspecified atom stereocenters. The summed E-state index contributed by atoms with van der Waals surface area (Å²) in [7, 11) is 1.84. The van der Waals surface area contributed by atoms with Gasteiger partial charge in [0.25, 0.3) is 0 Å². The SMILES string of the molecule is CNc1cncc(C2CCCN2C(=O)CCN2CCCCCC2)n1. The Bertz CT molecular complexity index is 542. The van der Waals surface area contributed by atoms with Gasteiger partial charge in [0.2, 0.25) is 5.91 Å². The predicted molar refractivity (Wildman–Crippen MR) is 94.8 cm³/mol. The number of hydrogen-bond donors (Lipinski definition) is 1. The third kappa shape index (κ3) is 4.23. The lowest BCUT2D eigenvalue weighted by Crippen LogP contribution is -2.35. The van der Waals surface area contributed by atoms with E-state index in [9.17, 15) is 4.79 Å². The predicted octanol–water partition coefficient (Wildman–Crippen LogP) is 2.45. The lowest BCUT2D eigenvalue weighted by atomic mass is 10.1. The van der Waals surface area contributed by atoms with Crippen LogP contribution in [0.5, 0.6) is 0 Å². The van der Waals surface area contributed by atoms with E-state index in [1.54, 1.807) is 12.4 Å². The summed E-state index contributed by atoms with van der Waals surface area (Å²) in [6.45, 7) is 4.03. The van der Waals surface area contributed by atoms with E-state index in [1.807, 2.05) is 11.9 Å². The summed E-state index contributed by atoms with van der Waals surface area (Å²) in [6, 6.07) is 0.0856. The van der Waals surface area contributed by atoms with Gasteiger partial charge in [0.1, 0.15) is 5.82 Å². The molecule has 0 aromatic carbocycles. The maximum atomic E-state index is 12.7. The van der Waals surface area contributed by atoms with Crippen molar-refractivity contribution in [3.63, 3.8) is 0 Å². The lowest BCUT2D eigenvalue weighted by Gasteiger charge is -2.26. The zero-order valence-electron chi connectivity index (χ0n) is 14.7. The van der Waals surface area contributed by atoms with E-state index >= 15 is 0 Å². The van der Waals surface area contributed by atoms with Crippen LogP contribution in [-0.2, 0) is 4.79 Å². The summed E-state index contributed by atoms with van der Waals surface area (Å²) in [6.07, 6.45) is 11.4. The van der Waals surface area contributed by atoms with Crippen molar-refractivity contribution in [2.75, 3.05) is 38.5 Å². The molecule has 0 spiro atoms. The molecule has 1 atom stereocenters. The maximum absolute atomic E-state index is 12.7. The van der Waals surface area contributed by atoms with Crippen molar-refractivity contribution in [3.05, 3.63) is 18.1 Å². The van der Waals surface area contributed by atoms with E-state index in [-0.39, 0.29) is 11.9 Å². The van der Waals surface area contributed by atoms with Gasteiger partial charge in [-0.15, -0.1) is 0 Å². The molecule has 3 rings (SSSR count). The van der Waals surface area contributed by atoms with Gasteiger partial charge in [-0.25, -0.2) is 4.98 Å². The van der Waals surface area contributed by atoms with Gasteiger partial charge in [-0.2, -0.15) is 0 Å². The maximum Gasteiger partial charge on any atom is 0.224 e. The average molecular weight is 331 g/mol. The number of carbonyl (C=O) groups is 1. The second kappa shape index (κ2) is 8.42. The summed E-state index contributed by atoms with van der Waals surface area (Å²) >= 11 is 0. The van der Waals surface area contributed by atoms with Crippen molar-refractivity contribution in [2.45, 2.75) is 51.0 Å². The molecule has 3 heterocycles. The van der Waals surface area contributed by atoms with Crippen molar-refractivity contribution in [2.24, 2.45) is 0 Å². The van der Waals surface area contributed by atoms with Gasteiger partial charge in [-0.05, 0) is 38.8 Å². The van der Waals surface area contributed by atoms with E-state index in [1.165, 1.54) is 25.7 Å². The number of carbonyl (C=O) groups excluding carboxylic acids is 1. The highest BCUT2D eigenvalue weighted by molar-refractivity contribution is 5.77. The van der Waals surface area contributed by atoms with Gasteiger partial charge in [0, 0.05) is 26.6 Å². The molecule has 2 aliphatic heterocycles. The fraction of sp³-hybridized carbons (Fsp3) is 0.722. The Morgan fingerprint density at radius 3 is 2.71 bits per heavy atom. The van der Waals surface area contributed by atoms with Crippen molar-refractivity contribution in [1.82, 2.24) is 19.8 Å². The number of aromatic nitrogens is 2. The zero-order valence-corrected chi connectivity index (χ0v) is 14.7. The third-order valence-electron chi connectivity index (χ3n) is 5.16. The highest BCUT2D eigenvalue weighted by Gasteiger charge is 2.31. The molecular weight excluding hydrogens is 302 g/mol. The van der Waals surface area contributed by atoms with Crippen molar-refractivity contribution in [1.29, 1.82) is 0 Å². The Morgan fingerprint density at radius 2 is 1.96 bits per heavy atom. The summed E-state index contributed by atoms with van der Waals surface area (Å²) in [5.74, 6) is 1.02. The number of amides is 1. The van der Waals surface area contributed by atoms with Crippen LogP contribution >= 0.6 is 0 Å². The Labute approximate surface area is 144 Å². The Hall–Kier alpha value is -1.69. The van der Waals surface area contributed by atoms with Gasteiger partial charge in [-0.1, -0.05) is 12.8 Å². The van der Waals surface area contributed by atoms with Crippen molar-refractivity contribution in [3.8, 4) is 0 Å². The molecular formula is C18H29N5O. The minimum absolute atomic E-state index is 0.0856. The Kier molecular flexibility index (Phi) is 6.01. The molecule has 2 fully saturated rings. The van der Waals surface area contributed by atoms with Crippen LogP contribution in [0, 0.1) is 0 Å². The molecule has 2 aliphatic rings. The Balaban J connectivity index is 1.58. The topological polar surface area (TPSA) is 61.4 Å². The number of nitrogens with one attached hydrogen (secondary N) is 1. The fourth-order valence-electron chi connectivity index (χ4n) is 3.79. The standard InChI is InChI=1S/C18H29N5O/c1-19-17-14-20-13-15(21-17)16-7-6-11-23(16)18(24)8-12-22-9-4-2-3-5-10-22/h13-14,16H,2-12H2,1H3,(H,19,21). The molecule has 1 amide bonds. The van der Waals surface area contributed by atoms with Gasteiger partial charge in [0.05, 0.1) is 24.1 Å². The second-order valence-corrected chi connectivity index (χ2v) is 6.83. The number of anilines is 1. The molecule has 0 saturated carbocycles. The van der Waals surface area contributed by atoms with Crippen LogP contribution in [-0.4, -0.2) is 58.9 Å². The molecule has 0 aliphatic carbocycles. The van der Waals surface area contributed by atoms with E-state index in [2.05, 4.69) is 20.2 Å². The van der Waals surface area contributed by atoms with Gasteiger partial charge < -0.3 is 15.1 Å². The van der Waals surface area contributed by atoms with Crippen LogP contribution in [0.15, 0.2) is 12.4 Å². The van der Waals surface area contributed by atoms with E-state index < -0.39 is 0 Å². The molecule has 1 N–H and O–H groups in total. The summed E-state index contributed by atoms with van der Waals surface area (Å²) in [5, 5.41) is 3.03. The molecule has 2 saturated heterocycles. The third-order valence-corrected chi connectivity index (χ3v) is 5.16. The molecule has 6 nitrogen and oxygen atoms in total. The van der Waals surface area contributed by atoms with E-state index in [4.69, 9.17) is 0 Å². The lowest BCUT2D eigenvalue weighted by molar-refractivity contribution is -0.132. The van der Waals surface area contributed by atoms with Gasteiger partial charge in [0.15, 0.2) is 0 Å². The molecule has 0 radical (unpaired) electrons. The Morgan fingerprint density at radius 1 is 1.17 bits per heavy atom. The van der Waals surface area contributed by atoms with Gasteiger partial charge >= 0.3 is 0 Å². The number of hydrogen-bond acceptors (Lipinski definition) is 5. The van der Waals surface area contributed by atoms with E-state index in [0.29, 0.717) is 6.42 Å². The van der Waals surface area contributed by atoms with Crippen LogP contribution in [0.25, 0.3) is 0 Å². The van der Waals surface area contributed by atoms with Crippen LogP contribution in [0.4, 0.5) is 5.82 Å². The van der Waals surface area contributed by atoms with E-state index in [0.717, 1.165) is 50.5 Å². The van der Waals surface area contributed by atoms with Crippen molar-refractivity contribution >= 4 is 11.7 Å². The van der Waals surface area contributed by atoms with Crippen molar-refractivity contribution < 1.29 is 4.79 Å². The molecule has 1 aromatic rings. The average Bonchev–Trinajstić information content (AvgIpc) is 2.97. The minimum Gasteiger partial charge on any atom is -0.372 e. The van der Waals surface area contributed by atoms with Crippen LogP contribution < -0.4 is 5.32 Å². The minimum atomic E-state index is 0.0856. The quantitative estimate of drug-likeness (QED) is 0.898. The van der Waals surface area contributed by atoms with Crippen LogP contribution in [0.1, 0.15) is 56.7 Å². The summed E-state index contributed by atoms with van der Waals surface area (Å²) < 4.78 is 0. The number of likely N-dealkylation sites (tertiary alicyclic amines) is 2. The fourth-order valence-corrected chi connectivity index (χ4v) is 3.79. The molecule has 0 bridgehead atoms. The number of nitrogens with zero attached hydrogens (tertiary/aromatic N) is 4. The first-order valence-corrected chi connectivity index (χ1v) is 9.29. The first kappa shape index (κ1) is 17.1. The smallest absolute Gasteiger partial charge is 0.224 e. The largest absolute Gasteiger partial charge is 0.372 e. The summed E-state index contributed by atoms with van der Waals surface area (Å²) in [4.78, 5) is 26.1. The number of rotatable bonds is 5. The molecule has 132 valence electrons. The summed E-state index contributed by atoms with van der Waals surface area (Å²) in [5.41, 5.74) is 0.905. The molecule has 6 heteroatoms. The highest BCUT2D eigenvalue weighted by atomic mass is 16.2. The normalized spacial score (nSPS) is 22.4.